The van der Waals surface area contributed by atoms with Gasteiger partial charge in [0.2, 0.25) is 0 Å². The Morgan fingerprint density at radius 2 is 2.07 bits per heavy atom. The van der Waals surface area contributed by atoms with Crippen LogP contribution in [0.5, 0.6) is 0 Å². The fourth-order valence-corrected chi connectivity index (χ4v) is 3.52. The number of ether oxygens (including phenoxy) is 1. The number of carbonyl (C=O) groups is 2. The van der Waals surface area contributed by atoms with Crippen molar-refractivity contribution in [3.05, 3.63) is 58.1 Å². The highest BCUT2D eigenvalue weighted by Gasteiger charge is 2.11. The van der Waals surface area contributed by atoms with E-state index in [0.717, 1.165) is 15.2 Å². The Morgan fingerprint density at radius 3 is 2.81 bits per heavy atom. The lowest BCUT2D eigenvalue weighted by atomic mass is 10.2. The van der Waals surface area contributed by atoms with E-state index < -0.39 is 18.5 Å². The predicted octanol–water partition coefficient (Wildman–Crippen LogP) is 3.94. The summed E-state index contributed by atoms with van der Waals surface area (Å²) in [6, 6.07) is 14.2. The predicted molar refractivity (Wildman–Crippen MR) is 104 cm³/mol. The molecule has 0 bridgehead atoms. The summed E-state index contributed by atoms with van der Waals surface area (Å²) in [6.45, 7) is -0.393. The van der Waals surface area contributed by atoms with Gasteiger partial charge >= 0.3 is 5.97 Å². The maximum atomic E-state index is 11.9. The summed E-state index contributed by atoms with van der Waals surface area (Å²) in [6.07, 6.45) is 0.612. The molecular weight excluding hydrogens is 386 g/mol. The van der Waals surface area contributed by atoms with Gasteiger partial charge in [0.25, 0.3) is 5.91 Å². The van der Waals surface area contributed by atoms with E-state index in [2.05, 4.69) is 10.3 Å². The Kier molecular flexibility index (Phi) is 6.01. The van der Waals surface area contributed by atoms with Gasteiger partial charge in [-0.3, -0.25) is 9.59 Å². The molecule has 1 N–H and O–H groups in total. The quantitative estimate of drug-likeness (QED) is 0.634. The fourth-order valence-electron chi connectivity index (χ4n) is 2.33. The number of halogens is 1. The molecule has 0 unspecified atom stereocenters. The lowest BCUT2D eigenvalue weighted by molar-refractivity contribution is -0.147. The lowest BCUT2D eigenvalue weighted by Gasteiger charge is -2.07. The van der Waals surface area contributed by atoms with Crippen LogP contribution < -0.4 is 5.32 Å². The number of nitrogens with one attached hydrogen (secondary N) is 1. The molecule has 0 atom stereocenters. The molecule has 1 heterocycles. The Labute approximate surface area is 164 Å². The van der Waals surface area contributed by atoms with Crippen molar-refractivity contribution in [2.45, 2.75) is 12.8 Å². The Bertz CT molecular complexity index is 1010. The molecule has 0 aliphatic carbocycles. The number of nitriles is 1. The Morgan fingerprint density at radius 1 is 1.26 bits per heavy atom. The zero-order valence-electron chi connectivity index (χ0n) is 14.1. The van der Waals surface area contributed by atoms with Crippen LogP contribution in [0.3, 0.4) is 0 Å². The maximum Gasteiger partial charge on any atom is 0.306 e. The zero-order chi connectivity index (χ0) is 19.2. The molecule has 136 valence electrons. The summed E-state index contributed by atoms with van der Waals surface area (Å²) in [5.41, 5.74) is 1.65. The molecule has 8 heteroatoms. The second-order valence-electron chi connectivity index (χ2n) is 5.59. The second-order valence-corrected chi connectivity index (χ2v) is 7.11. The van der Waals surface area contributed by atoms with Crippen molar-refractivity contribution in [3.8, 4) is 6.07 Å². The van der Waals surface area contributed by atoms with E-state index in [1.54, 1.807) is 6.07 Å². The van der Waals surface area contributed by atoms with E-state index in [-0.39, 0.29) is 11.4 Å². The monoisotopic (exact) mass is 399 g/mol. The molecule has 1 amide bonds. The number of amides is 1. The van der Waals surface area contributed by atoms with Gasteiger partial charge in [0.15, 0.2) is 6.61 Å². The van der Waals surface area contributed by atoms with Crippen LogP contribution in [0.25, 0.3) is 10.2 Å². The highest BCUT2D eigenvalue weighted by atomic mass is 35.5. The largest absolute Gasteiger partial charge is 0.456 e. The lowest BCUT2D eigenvalue weighted by Crippen LogP contribution is -2.21. The number of fused-ring (bicyclic) bond motifs is 1. The van der Waals surface area contributed by atoms with Crippen molar-refractivity contribution in [1.82, 2.24) is 4.98 Å². The molecule has 1 aromatic heterocycles. The van der Waals surface area contributed by atoms with Gasteiger partial charge in [0.1, 0.15) is 6.07 Å². The summed E-state index contributed by atoms with van der Waals surface area (Å²) in [7, 11) is 0. The van der Waals surface area contributed by atoms with Crippen LogP contribution in [0, 0.1) is 11.3 Å². The third-order valence-corrected chi connectivity index (χ3v) is 5.03. The first-order valence-corrected chi connectivity index (χ1v) is 9.24. The van der Waals surface area contributed by atoms with E-state index >= 15 is 0 Å². The minimum absolute atomic E-state index is 0.149. The van der Waals surface area contributed by atoms with Crippen LogP contribution in [0.2, 0.25) is 5.02 Å². The maximum absolute atomic E-state index is 11.9. The number of aryl methyl sites for hydroxylation is 1. The van der Waals surface area contributed by atoms with Crippen LogP contribution >= 0.6 is 22.9 Å². The van der Waals surface area contributed by atoms with Crippen LogP contribution in [0.4, 0.5) is 5.69 Å². The summed E-state index contributed by atoms with van der Waals surface area (Å²) < 4.78 is 6.06. The normalized spacial score (nSPS) is 10.4. The van der Waals surface area contributed by atoms with E-state index in [1.807, 2.05) is 30.3 Å². The van der Waals surface area contributed by atoms with Gasteiger partial charge in [-0.05, 0) is 30.3 Å². The first-order chi connectivity index (χ1) is 13.0. The average molecular weight is 400 g/mol. The standard InChI is InChI=1S/C19H14ClN3O3S/c20-14-9-13(6-5-12(14)10-21)22-17(24)11-26-19(25)8-7-18-23-15-3-1-2-4-16(15)27-18/h1-6,9H,7-8,11H2,(H,22,24). The number of hydrogen-bond donors (Lipinski definition) is 1. The zero-order valence-corrected chi connectivity index (χ0v) is 15.6. The molecule has 0 saturated heterocycles. The van der Waals surface area contributed by atoms with Gasteiger partial charge in [0.05, 0.1) is 32.2 Å². The van der Waals surface area contributed by atoms with Gasteiger partial charge in [-0.1, -0.05) is 23.7 Å². The van der Waals surface area contributed by atoms with Gasteiger partial charge in [-0.25, -0.2) is 4.98 Å². The van der Waals surface area contributed by atoms with Crippen molar-refractivity contribution in [2.75, 3.05) is 11.9 Å². The summed E-state index contributed by atoms with van der Waals surface area (Å²) >= 11 is 7.44. The molecule has 0 saturated carbocycles. The highest BCUT2D eigenvalue weighted by Crippen LogP contribution is 2.22. The van der Waals surface area contributed by atoms with Gasteiger partial charge in [-0.2, -0.15) is 5.26 Å². The van der Waals surface area contributed by atoms with Crippen LogP contribution in [-0.4, -0.2) is 23.5 Å². The first kappa shape index (κ1) is 18.8. The molecule has 6 nitrogen and oxygen atoms in total. The van der Waals surface area contributed by atoms with Crippen molar-refractivity contribution in [3.63, 3.8) is 0 Å². The van der Waals surface area contributed by atoms with E-state index in [9.17, 15) is 9.59 Å². The molecule has 0 aliphatic rings. The van der Waals surface area contributed by atoms with Crippen molar-refractivity contribution in [1.29, 1.82) is 5.26 Å². The van der Waals surface area contributed by atoms with Crippen LogP contribution in [-0.2, 0) is 20.7 Å². The molecule has 0 aliphatic heterocycles. The minimum Gasteiger partial charge on any atom is -0.456 e. The summed E-state index contributed by atoms with van der Waals surface area (Å²) in [5, 5.41) is 12.5. The summed E-state index contributed by atoms with van der Waals surface area (Å²) in [5.74, 6) is -0.952. The SMILES string of the molecule is N#Cc1ccc(NC(=O)COC(=O)CCc2nc3ccccc3s2)cc1Cl. The number of carbonyl (C=O) groups excluding carboxylic acids is 2. The molecule has 0 spiro atoms. The first-order valence-electron chi connectivity index (χ1n) is 8.05. The van der Waals surface area contributed by atoms with E-state index in [1.165, 1.54) is 23.5 Å². The topological polar surface area (TPSA) is 92.1 Å². The third kappa shape index (κ3) is 5.03. The fraction of sp³-hybridized carbons (Fsp3) is 0.158. The third-order valence-electron chi connectivity index (χ3n) is 3.62. The van der Waals surface area contributed by atoms with Gasteiger partial charge in [0, 0.05) is 12.1 Å². The molecular formula is C19H14ClN3O3S. The Balaban J connectivity index is 1.45. The molecule has 2 aromatic carbocycles. The Hall–Kier alpha value is -2.95. The number of esters is 1. The molecule has 3 rings (SSSR count). The molecule has 0 fully saturated rings. The van der Waals surface area contributed by atoms with Crippen molar-refractivity contribution < 1.29 is 14.3 Å². The molecule has 3 aromatic rings. The van der Waals surface area contributed by atoms with Crippen LogP contribution in [0.15, 0.2) is 42.5 Å². The molecule has 27 heavy (non-hydrogen) atoms. The van der Waals surface area contributed by atoms with Crippen molar-refractivity contribution >= 4 is 50.7 Å². The number of anilines is 1. The smallest absolute Gasteiger partial charge is 0.306 e. The van der Waals surface area contributed by atoms with E-state index in [4.69, 9.17) is 21.6 Å². The number of benzene rings is 2. The number of thiazole rings is 1. The van der Waals surface area contributed by atoms with Gasteiger partial charge < -0.3 is 10.1 Å². The second kappa shape index (κ2) is 8.62. The summed E-state index contributed by atoms with van der Waals surface area (Å²) in [4.78, 5) is 28.2. The van der Waals surface area contributed by atoms with Crippen molar-refractivity contribution in [2.24, 2.45) is 0 Å². The average Bonchev–Trinajstić information content (AvgIpc) is 3.08. The number of hydrogen-bond acceptors (Lipinski definition) is 6. The number of rotatable bonds is 6. The molecule has 0 radical (unpaired) electrons. The minimum atomic E-state index is -0.482. The number of nitrogens with zero attached hydrogens (tertiary/aromatic N) is 2. The van der Waals surface area contributed by atoms with Crippen LogP contribution in [0.1, 0.15) is 17.0 Å². The van der Waals surface area contributed by atoms with E-state index in [0.29, 0.717) is 17.7 Å². The number of aromatic nitrogens is 1. The van der Waals surface area contributed by atoms with Gasteiger partial charge in [-0.15, -0.1) is 11.3 Å². The number of para-hydroxylation sites is 1. The highest BCUT2D eigenvalue weighted by molar-refractivity contribution is 7.18.